The molecule has 3 aliphatic rings. The fourth-order valence-electron chi connectivity index (χ4n) is 7.88. The molecule has 0 radical (unpaired) electrons. The summed E-state index contributed by atoms with van der Waals surface area (Å²) < 4.78 is 5.12. The number of carbonyl (C=O) groups excluding carboxylic acids is 6. The van der Waals surface area contributed by atoms with E-state index in [0.717, 1.165) is 6.42 Å². The van der Waals surface area contributed by atoms with E-state index in [1.54, 1.807) is 46.1 Å². The third kappa shape index (κ3) is 4.68. The van der Waals surface area contributed by atoms with Crippen molar-refractivity contribution in [1.29, 1.82) is 0 Å². The number of rotatable bonds is 8. The summed E-state index contributed by atoms with van der Waals surface area (Å²) in [7, 11) is 6.58. The molecule has 1 aromatic carbocycles. The number of likely N-dealkylation sites (N-methyl/N-ethyl adjacent to an activating group) is 1. The zero-order chi connectivity index (χ0) is 33.1. The van der Waals surface area contributed by atoms with Crippen molar-refractivity contribution in [1.82, 2.24) is 10.2 Å². The summed E-state index contributed by atoms with van der Waals surface area (Å²) >= 11 is 0. The number of nitrogens with one attached hydrogen (secondary N) is 1. The monoisotopic (exact) mass is 614 g/mol. The molecule has 3 aliphatic carbocycles. The molecule has 0 aromatic heterocycles. The highest BCUT2D eigenvalue weighted by Gasteiger charge is 2.76. The van der Waals surface area contributed by atoms with Gasteiger partial charge in [-0.05, 0) is 50.4 Å². The normalized spacial score (nSPS) is 31.2. The number of nitrogens with zero attached hydrogens (tertiary/aromatic N) is 2. The number of fused-ring (bicyclic) bond motifs is 3. The van der Waals surface area contributed by atoms with Crippen LogP contribution in [0.3, 0.4) is 0 Å². The summed E-state index contributed by atoms with van der Waals surface area (Å²) in [5.41, 5.74) is 0.725. The zero-order valence-corrected chi connectivity index (χ0v) is 26.3. The van der Waals surface area contributed by atoms with Crippen molar-refractivity contribution < 1.29 is 43.7 Å². The maximum atomic E-state index is 14.4. The van der Waals surface area contributed by atoms with Crippen molar-refractivity contribution in [3.63, 3.8) is 0 Å². The molecule has 1 aromatic rings. The lowest BCUT2D eigenvalue weighted by atomic mass is 9.42. The molecular weight excluding hydrogens is 572 g/mol. The second-order valence-corrected chi connectivity index (χ2v) is 13.3. The van der Waals surface area contributed by atoms with E-state index in [-0.39, 0.29) is 37.1 Å². The Morgan fingerprint density at radius 3 is 2.30 bits per heavy atom. The first-order valence-electron chi connectivity index (χ1n) is 14.7. The number of ether oxygens (including phenoxy) is 1. The number of unbranched alkanes of at least 4 members (excludes halogenated alkanes) is 1. The van der Waals surface area contributed by atoms with Gasteiger partial charge in [-0.1, -0.05) is 27.2 Å². The standard InChI is InChI=1S/C31H42N4O9/c1-8-9-10-44-28(42)33-13-15-11-17(34(4)5)16-12-29(2)14-30(3)24(35(6)7)23(38)19(27(32)41)25(39)31(30,43)26(40)20(29)22(37)18(16)21(15)36/h11,19-20,24,36,43H,8-10,12-14H2,1-7H3,(H2,32,41)(H,33,42)/t19?,20?,24-,29+,30+,31-/m1/s1. The van der Waals surface area contributed by atoms with Gasteiger partial charge in [-0.15, -0.1) is 0 Å². The molecule has 2 unspecified atom stereocenters. The number of carbonyl (C=O) groups is 6. The van der Waals surface area contributed by atoms with Crippen LogP contribution in [0.2, 0.25) is 0 Å². The van der Waals surface area contributed by atoms with Crippen molar-refractivity contribution in [2.45, 2.75) is 64.6 Å². The molecule has 0 heterocycles. The van der Waals surface area contributed by atoms with Crippen molar-refractivity contribution >= 4 is 40.8 Å². The van der Waals surface area contributed by atoms with Gasteiger partial charge in [-0.2, -0.15) is 0 Å². The van der Waals surface area contributed by atoms with Crippen LogP contribution in [0.4, 0.5) is 10.5 Å². The summed E-state index contributed by atoms with van der Waals surface area (Å²) in [5.74, 6) is -9.45. The quantitative estimate of drug-likeness (QED) is 0.238. The largest absolute Gasteiger partial charge is 0.507 e. The number of ketones is 4. The van der Waals surface area contributed by atoms with E-state index in [2.05, 4.69) is 5.32 Å². The van der Waals surface area contributed by atoms with Crippen molar-refractivity contribution in [2.75, 3.05) is 39.7 Å². The predicted octanol–water partition coefficient (Wildman–Crippen LogP) is 0.740. The first-order chi connectivity index (χ1) is 20.4. The molecule has 13 nitrogen and oxygen atoms in total. The van der Waals surface area contributed by atoms with Crippen LogP contribution in [0.1, 0.15) is 61.5 Å². The smallest absolute Gasteiger partial charge is 0.407 e. The van der Waals surface area contributed by atoms with Gasteiger partial charge in [0, 0.05) is 37.3 Å². The number of aliphatic hydroxyl groups is 1. The fraction of sp³-hybridized carbons (Fsp3) is 0.613. The number of hydrogen-bond acceptors (Lipinski definition) is 11. The molecule has 240 valence electrons. The summed E-state index contributed by atoms with van der Waals surface area (Å²) in [6.45, 7) is 5.15. The highest BCUT2D eigenvalue weighted by Crippen LogP contribution is 2.62. The highest BCUT2D eigenvalue weighted by molar-refractivity contribution is 6.33. The van der Waals surface area contributed by atoms with Gasteiger partial charge < -0.3 is 30.9 Å². The van der Waals surface area contributed by atoms with Crippen LogP contribution < -0.4 is 16.0 Å². The van der Waals surface area contributed by atoms with E-state index in [1.165, 1.54) is 11.8 Å². The van der Waals surface area contributed by atoms with Gasteiger partial charge in [0.25, 0.3) is 0 Å². The molecule has 0 spiro atoms. The van der Waals surface area contributed by atoms with Gasteiger partial charge in [0.05, 0.1) is 24.1 Å². The van der Waals surface area contributed by atoms with Crippen LogP contribution in [0.5, 0.6) is 5.75 Å². The Hall–Kier alpha value is -3.84. The third-order valence-electron chi connectivity index (χ3n) is 9.68. The van der Waals surface area contributed by atoms with Crippen molar-refractivity contribution in [2.24, 2.45) is 28.4 Å². The van der Waals surface area contributed by atoms with Gasteiger partial charge in [0.1, 0.15) is 5.75 Å². The van der Waals surface area contributed by atoms with Gasteiger partial charge >= 0.3 is 6.09 Å². The molecule has 2 saturated carbocycles. The second kappa shape index (κ2) is 11.3. The van der Waals surface area contributed by atoms with Crippen LogP contribution in [0.25, 0.3) is 0 Å². The number of primary amides is 1. The number of amides is 2. The van der Waals surface area contributed by atoms with Crippen molar-refractivity contribution in [3.05, 3.63) is 22.8 Å². The molecule has 0 saturated heterocycles. The lowest BCUT2D eigenvalue weighted by molar-refractivity contribution is -0.203. The minimum atomic E-state index is -2.88. The minimum Gasteiger partial charge on any atom is -0.507 e. The number of nitrogens with two attached hydrogens (primary N) is 1. The Morgan fingerprint density at radius 2 is 1.75 bits per heavy atom. The van der Waals surface area contributed by atoms with E-state index >= 15 is 0 Å². The minimum absolute atomic E-state index is 0.0891. The molecule has 6 atom stereocenters. The average molecular weight is 615 g/mol. The Labute approximate surface area is 256 Å². The second-order valence-electron chi connectivity index (χ2n) is 13.3. The number of alkyl carbamates (subject to hydrolysis) is 1. The number of anilines is 1. The van der Waals surface area contributed by atoms with Crippen LogP contribution >= 0.6 is 0 Å². The summed E-state index contributed by atoms with van der Waals surface area (Å²) in [6.07, 6.45) is 0.800. The SMILES string of the molecule is CCCCOC(=O)NCc1cc(N(C)C)c2c(c1O)C(=O)C1C(=O)[C@]3(O)C(=O)C(C(N)=O)C(=O)[C@@H](N(C)C)[C@]3(C)C[C@]1(C)C2. The summed E-state index contributed by atoms with van der Waals surface area (Å²) in [6, 6.07) is 0.404. The highest BCUT2D eigenvalue weighted by atomic mass is 16.5. The van der Waals surface area contributed by atoms with Gasteiger partial charge in [0.2, 0.25) is 5.91 Å². The Morgan fingerprint density at radius 1 is 1.11 bits per heavy atom. The molecule has 4 rings (SSSR count). The third-order valence-corrected chi connectivity index (χ3v) is 9.68. The van der Waals surface area contributed by atoms with E-state index < -0.39 is 75.2 Å². The summed E-state index contributed by atoms with van der Waals surface area (Å²) in [5, 5.41) is 26.0. The Kier molecular flexibility index (Phi) is 8.46. The Balaban J connectivity index is 1.86. The van der Waals surface area contributed by atoms with Gasteiger partial charge in [0.15, 0.2) is 34.7 Å². The first kappa shape index (κ1) is 33.1. The van der Waals surface area contributed by atoms with E-state index in [4.69, 9.17) is 10.5 Å². The van der Waals surface area contributed by atoms with Crippen molar-refractivity contribution in [3.8, 4) is 5.75 Å². The molecule has 0 aliphatic heterocycles. The maximum Gasteiger partial charge on any atom is 0.407 e. The van der Waals surface area contributed by atoms with Gasteiger partial charge in [-0.25, -0.2) is 4.79 Å². The van der Waals surface area contributed by atoms with Crippen LogP contribution in [-0.2, 0) is 36.9 Å². The fourth-order valence-corrected chi connectivity index (χ4v) is 7.88. The molecule has 44 heavy (non-hydrogen) atoms. The molecule has 2 amide bonds. The molecule has 2 fully saturated rings. The van der Waals surface area contributed by atoms with Crippen LogP contribution in [-0.4, -0.2) is 96.7 Å². The van der Waals surface area contributed by atoms with Crippen LogP contribution in [0.15, 0.2) is 6.07 Å². The lowest BCUT2D eigenvalue weighted by Crippen LogP contribution is -2.79. The van der Waals surface area contributed by atoms with E-state index in [1.807, 2.05) is 6.92 Å². The van der Waals surface area contributed by atoms with Crippen LogP contribution in [0, 0.1) is 22.7 Å². The average Bonchev–Trinajstić information content (AvgIpc) is 2.89. The predicted molar refractivity (Wildman–Crippen MR) is 158 cm³/mol. The van der Waals surface area contributed by atoms with Gasteiger partial charge in [-0.3, -0.25) is 28.9 Å². The molecule has 0 bridgehead atoms. The van der Waals surface area contributed by atoms with E-state index in [0.29, 0.717) is 17.7 Å². The first-order valence-corrected chi connectivity index (χ1v) is 14.7. The summed E-state index contributed by atoms with van der Waals surface area (Å²) in [4.78, 5) is 83.7. The lowest BCUT2D eigenvalue weighted by Gasteiger charge is -2.61. The molecule has 5 N–H and O–H groups in total. The molecule has 13 heteroatoms. The molecular formula is C31H42N4O9. The maximum absolute atomic E-state index is 14.4. The number of phenols is 1. The number of aromatic hydroxyl groups is 1. The Bertz CT molecular complexity index is 1460. The number of hydrogen-bond donors (Lipinski definition) is 4. The zero-order valence-electron chi connectivity index (χ0n) is 26.3. The number of phenolic OH excluding ortho intramolecular Hbond substituents is 1. The van der Waals surface area contributed by atoms with E-state index in [9.17, 15) is 39.0 Å². The topological polar surface area (TPSA) is 197 Å². The number of benzene rings is 1. The number of Topliss-reactive ketones (excluding diaryl/α,β-unsaturated/α-hetero) is 4.